The van der Waals surface area contributed by atoms with Crippen molar-refractivity contribution in [3.8, 4) is 5.88 Å². The summed E-state index contributed by atoms with van der Waals surface area (Å²) >= 11 is 0. The summed E-state index contributed by atoms with van der Waals surface area (Å²) in [6.07, 6.45) is 3.68. The van der Waals surface area contributed by atoms with E-state index in [0.29, 0.717) is 37.6 Å². The van der Waals surface area contributed by atoms with Crippen molar-refractivity contribution < 1.29 is 18.7 Å². The Labute approximate surface area is 163 Å². The van der Waals surface area contributed by atoms with Gasteiger partial charge in [0, 0.05) is 38.2 Å². The Hall–Kier alpha value is -2.97. The number of carbonyl (C=O) groups excluding carboxylic acids is 1. The third-order valence-corrected chi connectivity index (χ3v) is 4.04. The van der Waals surface area contributed by atoms with Crippen molar-refractivity contribution in [2.45, 2.75) is 45.3 Å². The molecule has 3 heterocycles. The maximum Gasteiger partial charge on any atom is 0.410 e. The molecule has 1 aliphatic rings. The molecule has 0 saturated carbocycles. The lowest BCUT2D eigenvalue weighted by Gasteiger charge is -2.33. The van der Waals surface area contributed by atoms with Crippen LogP contribution in [0.15, 0.2) is 30.7 Å². The lowest BCUT2D eigenvalue weighted by Crippen LogP contribution is -2.44. The zero-order chi connectivity index (χ0) is 20.1. The SMILES string of the molecule is CC(C)(C)OC(=O)N1CCC(Oc2cc(Nc3cccnc3F)ncn2)CC1. The summed E-state index contributed by atoms with van der Waals surface area (Å²) in [5, 5.41) is 2.86. The van der Waals surface area contributed by atoms with E-state index in [-0.39, 0.29) is 17.9 Å². The standard InChI is InChI=1S/C19H24FN5O3/c1-19(2,3)28-18(26)25-9-6-13(7-10-25)27-16-11-15(22-12-23-16)24-14-5-4-8-21-17(14)20/h4-5,8,11-13H,6-7,9-10H2,1-3H3,(H,22,23,24). The van der Waals surface area contributed by atoms with E-state index in [9.17, 15) is 9.18 Å². The Kier molecular flexibility index (Phi) is 5.91. The van der Waals surface area contributed by atoms with Gasteiger partial charge in [-0.15, -0.1) is 0 Å². The Bertz CT molecular complexity index is 819. The monoisotopic (exact) mass is 389 g/mol. The number of nitrogens with one attached hydrogen (secondary N) is 1. The number of pyridine rings is 1. The van der Waals surface area contributed by atoms with E-state index in [4.69, 9.17) is 9.47 Å². The molecule has 0 spiro atoms. The minimum absolute atomic E-state index is 0.0726. The summed E-state index contributed by atoms with van der Waals surface area (Å²) in [5.74, 6) is 0.179. The zero-order valence-electron chi connectivity index (χ0n) is 16.2. The topological polar surface area (TPSA) is 89.5 Å². The number of aromatic nitrogens is 3. The second-order valence-corrected chi connectivity index (χ2v) is 7.49. The number of anilines is 2. The average Bonchev–Trinajstić information content (AvgIpc) is 2.63. The van der Waals surface area contributed by atoms with Crippen LogP contribution < -0.4 is 10.1 Å². The number of ether oxygens (including phenoxy) is 2. The Morgan fingerprint density at radius 3 is 2.68 bits per heavy atom. The molecule has 1 aliphatic heterocycles. The van der Waals surface area contributed by atoms with E-state index in [1.165, 1.54) is 12.5 Å². The minimum Gasteiger partial charge on any atom is -0.474 e. The molecular formula is C19H24FN5O3. The molecule has 2 aromatic rings. The third-order valence-electron chi connectivity index (χ3n) is 4.04. The van der Waals surface area contributed by atoms with Crippen LogP contribution in [-0.2, 0) is 4.74 Å². The summed E-state index contributed by atoms with van der Waals surface area (Å²) in [5.41, 5.74) is -0.291. The highest BCUT2D eigenvalue weighted by atomic mass is 19.1. The highest BCUT2D eigenvalue weighted by molar-refractivity contribution is 5.68. The van der Waals surface area contributed by atoms with Gasteiger partial charge in [0.2, 0.25) is 11.8 Å². The van der Waals surface area contributed by atoms with Crippen molar-refractivity contribution in [3.63, 3.8) is 0 Å². The van der Waals surface area contributed by atoms with E-state index in [1.54, 1.807) is 23.1 Å². The number of hydrogen-bond acceptors (Lipinski definition) is 7. The largest absolute Gasteiger partial charge is 0.474 e. The summed E-state index contributed by atoms with van der Waals surface area (Å²) in [7, 11) is 0. The van der Waals surface area contributed by atoms with Crippen molar-refractivity contribution in [1.29, 1.82) is 0 Å². The van der Waals surface area contributed by atoms with Crippen LogP contribution in [0.25, 0.3) is 0 Å². The molecule has 1 amide bonds. The summed E-state index contributed by atoms with van der Waals surface area (Å²) < 4.78 is 25.0. The number of piperidine rings is 1. The molecule has 0 aromatic carbocycles. The van der Waals surface area contributed by atoms with Crippen LogP contribution in [0.2, 0.25) is 0 Å². The number of amides is 1. The minimum atomic E-state index is -0.613. The van der Waals surface area contributed by atoms with Crippen LogP contribution in [0, 0.1) is 5.95 Å². The normalized spacial score (nSPS) is 15.2. The fourth-order valence-electron chi connectivity index (χ4n) is 2.74. The quantitative estimate of drug-likeness (QED) is 0.800. The first-order chi connectivity index (χ1) is 13.3. The maximum atomic E-state index is 13.7. The van der Waals surface area contributed by atoms with Crippen LogP contribution in [0.4, 0.5) is 20.7 Å². The van der Waals surface area contributed by atoms with Crippen LogP contribution in [0.3, 0.4) is 0 Å². The first-order valence-corrected chi connectivity index (χ1v) is 9.14. The Balaban J connectivity index is 1.54. The van der Waals surface area contributed by atoms with Gasteiger partial charge in [-0.1, -0.05) is 0 Å². The molecule has 0 atom stereocenters. The molecule has 28 heavy (non-hydrogen) atoms. The molecule has 150 valence electrons. The molecule has 9 heteroatoms. The number of halogens is 1. The summed E-state index contributed by atoms with van der Waals surface area (Å²) in [6, 6.07) is 4.80. The predicted molar refractivity (Wildman–Crippen MR) is 101 cm³/mol. The highest BCUT2D eigenvalue weighted by Gasteiger charge is 2.27. The summed E-state index contributed by atoms with van der Waals surface area (Å²) in [6.45, 7) is 6.64. The fraction of sp³-hybridized carbons (Fsp3) is 0.474. The van der Waals surface area contributed by atoms with Crippen LogP contribution >= 0.6 is 0 Å². The molecular weight excluding hydrogens is 365 g/mol. The Morgan fingerprint density at radius 2 is 2.00 bits per heavy atom. The van der Waals surface area contributed by atoms with Crippen LogP contribution in [0.5, 0.6) is 5.88 Å². The van der Waals surface area contributed by atoms with E-state index in [0.717, 1.165) is 0 Å². The maximum absolute atomic E-state index is 13.7. The zero-order valence-corrected chi connectivity index (χ0v) is 16.2. The van der Waals surface area contributed by atoms with Gasteiger partial charge >= 0.3 is 6.09 Å². The van der Waals surface area contributed by atoms with Gasteiger partial charge in [0.25, 0.3) is 0 Å². The molecule has 1 fully saturated rings. The van der Waals surface area contributed by atoms with Gasteiger partial charge in [-0.2, -0.15) is 4.39 Å². The number of nitrogens with zero attached hydrogens (tertiary/aromatic N) is 4. The van der Waals surface area contributed by atoms with Gasteiger partial charge in [-0.25, -0.2) is 19.7 Å². The molecule has 1 saturated heterocycles. The highest BCUT2D eigenvalue weighted by Crippen LogP contribution is 2.22. The molecule has 3 rings (SSSR count). The van der Waals surface area contributed by atoms with Crippen molar-refractivity contribution in [2.24, 2.45) is 0 Å². The van der Waals surface area contributed by atoms with Crippen molar-refractivity contribution >= 4 is 17.6 Å². The average molecular weight is 389 g/mol. The van der Waals surface area contributed by atoms with Gasteiger partial charge in [-0.05, 0) is 32.9 Å². The summed E-state index contributed by atoms with van der Waals surface area (Å²) in [4.78, 5) is 25.6. The molecule has 0 radical (unpaired) electrons. The van der Waals surface area contributed by atoms with E-state index >= 15 is 0 Å². The van der Waals surface area contributed by atoms with Crippen LogP contribution in [0.1, 0.15) is 33.6 Å². The second-order valence-electron chi connectivity index (χ2n) is 7.49. The molecule has 1 N–H and O–H groups in total. The van der Waals surface area contributed by atoms with E-state index in [2.05, 4.69) is 20.3 Å². The van der Waals surface area contributed by atoms with Gasteiger partial charge < -0.3 is 19.7 Å². The molecule has 0 unspecified atom stereocenters. The number of likely N-dealkylation sites (tertiary alicyclic amines) is 1. The third kappa shape index (κ3) is 5.51. The smallest absolute Gasteiger partial charge is 0.410 e. The molecule has 0 aliphatic carbocycles. The van der Waals surface area contributed by atoms with Crippen molar-refractivity contribution in [1.82, 2.24) is 19.9 Å². The van der Waals surface area contributed by atoms with Crippen molar-refractivity contribution in [2.75, 3.05) is 18.4 Å². The van der Waals surface area contributed by atoms with Gasteiger partial charge in [0.15, 0.2) is 0 Å². The van der Waals surface area contributed by atoms with Crippen molar-refractivity contribution in [3.05, 3.63) is 36.7 Å². The number of rotatable bonds is 4. The second kappa shape index (κ2) is 8.37. The first kappa shape index (κ1) is 19.8. The van der Waals surface area contributed by atoms with E-state index in [1.807, 2.05) is 20.8 Å². The number of carbonyl (C=O) groups is 1. The lowest BCUT2D eigenvalue weighted by molar-refractivity contribution is 0.0123. The first-order valence-electron chi connectivity index (χ1n) is 9.14. The number of hydrogen-bond donors (Lipinski definition) is 1. The van der Waals surface area contributed by atoms with E-state index < -0.39 is 11.5 Å². The predicted octanol–water partition coefficient (Wildman–Crippen LogP) is 3.53. The molecule has 2 aromatic heterocycles. The molecule has 8 nitrogen and oxygen atoms in total. The van der Waals surface area contributed by atoms with Gasteiger partial charge in [-0.3, -0.25) is 0 Å². The molecule has 0 bridgehead atoms. The lowest BCUT2D eigenvalue weighted by atomic mass is 10.1. The van der Waals surface area contributed by atoms with Gasteiger partial charge in [0.05, 0.1) is 5.69 Å². The Morgan fingerprint density at radius 1 is 1.25 bits per heavy atom. The van der Waals surface area contributed by atoms with Crippen LogP contribution in [-0.4, -0.2) is 50.7 Å². The fourth-order valence-corrected chi connectivity index (χ4v) is 2.74. The van der Waals surface area contributed by atoms with Gasteiger partial charge in [0.1, 0.15) is 23.9 Å².